The number of carbonyl (C=O) groups is 1. The summed E-state index contributed by atoms with van der Waals surface area (Å²) in [7, 11) is 3.29. The molecule has 0 unspecified atom stereocenters. The van der Waals surface area contributed by atoms with Crippen molar-refractivity contribution in [3.05, 3.63) is 117 Å². The second-order valence-corrected chi connectivity index (χ2v) is 13.0. The molecule has 3 aromatic carbocycles. The lowest BCUT2D eigenvalue weighted by Crippen LogP contribution is -2.06. The molecule has 0 saturated heterocycles. The Labute approximate surface area is 267 Å². The van der Waals surface area contributed by atoms with E-state index >= 15 is 0 Å². The molecule has 1 atom stereocenters. The molecule has 0 N–H and O–H groups in total. The highest BCUT2D eigenvalue weighted by molar-refractivity contribution is 6.31. The third kappa shape index (κ3) is 7.42. The minimum Gasteiger partial charge on any atom is -0.493 e. The molecule has 0 saturated carbocycles. The van der Waals surface area contributed by atoms with Crippen LogP contribution in [0.25, 0.3) is 5.57 Å². The SMILES string of the molecule is COc1cc2c(cc1OC)C(Cc1cccc(CCC(=O)CCC3=CC(C(C)(C)C)=C[C@@H]3c3ccccc3Cl)c1)=CCC=N2. The molecule has 5 heteroatoms. The highest BCUT2D eigenvalue weighted by Gasteiger charge is 2.28. The maximum Gasteiger partial charge on any atom is 0.162 e. The van der Waals surface area contributed by atoms with Gasteiger partial charge in [-0.25, -0.2) is 0 Å². The van der Waals surface area contributed by atoms with Gasteiger partial charge in [-0.05, 0) is 64.6 Å². The van der Waals surface area contributed by atoms with Crippen LogP contribution in [-0.2, 0) is 17.6 Å². The van der Waals surface area contributed by atoms with Crippen molar-refractivity contribution >= 4 is 34.9 Å². The Hall–Kier alpha value is -3.89. The van der Waals surface area contributed by atoms with Crippen molar-refractivity contribution < 1.29 is 14.3 Å². The molecule has 0 fully saturated rings. The molecule has 44 heavy (non-hydrogen) atoms. The zero-order valence-electron chi connectivity index (χ0n) is 26.5. The number of benzene rings is 3. The maximum absolute atomic E-state index is 13.1. The molecule has 3 aromatic rings. The van der Waals surface area contributed by atoms with E-state index in [9.17, 15) is 4.79 Å². The van der Waals surface area contributed by atoms with Gasteiger partial charge in [-0.15, -0.1) is 0 Å². The summed E-state index contributed by atoms with van der Waals surface area (Å²) in [6.07, 6.45) is 12.9. The van der Waals surface area contributed by atoms with E-state index in [-0.39, 0.29) is 17.1 Å². The van der Waals surface area contributed by atoms with Gasteiger partial charge in [-0.2, -0.15) is 0 Å². The first-order valence-corrected chi connectivity index (χ1v) is 15.8. The van der Waals surface area contributed by atoms with Crippen LogP contribution >= 0.6 is 11.6 Å². The van der Waals surface area contributed by atoms with E-state index in [4.69, 9.17) is 21.1 Å². The van der Waals surface area contributed by atoms with Crippen molar-refractivity contribution in [1.82, 2.24) is 0 Å². The van der Waals surface area contributed by atoms with Gasteiger partial charge in [-0.3, -0.25) is 9.79 Å². The number of hydrogen-bond donors (Lipinski definition) is 0. The van der Waals surface area contributed by atoms with Crippen LogP contribution < -0.4 is 9.47 Å². The van der Waals surface area contributed by atoms with Crippen molar-refractivity contribution in [3.63, 3.8) is 0 Å². The fourth-order valence-electron chi connectivity index (χ4n) is 6.00. The number of ether oxygens (including phenoxy) is 2. The lowest BCUT2D eigenvalue weighted by Gasteiger charge is -2.18. The van der Waals surface area contributed by atoms with E-state index in [0.717, 1.165) is 47.5 Å². The van der Waals surface area contributed by atoms with Gasteiger partial charge in [0, 0.05) is 48.0 Å². The molecule has 0 spiro atoms. The molecule has 0 radical (unpaired) electrons. The smallest absolute Gasteiger partial charge is 0.162 e. The molecule has 0 bridgehead atoms. The van der Waals surface area contributed by atoms with Crippen LogP contribution in [0.5, 0.6) is 11.5 Å². The summed E-state index contributed by atoms with van der Waals surface area (Å²) in [5.74, 6) is 1.78. The summed E-state index contributed by atoms with van der Waals surface area (Å²) in [6, 6.07) is 20.6. The summed E-state index contributed by atoms with van der Waals surface area (Å²) in [6.45, 7) is 6.69. The van der Waals surface area contributed by atoms with Crippen molar-refractivity contribution in [1.29, 1.82) is 0 Å². The molecule has 0 amide bonds. The van der Waals surface area contributed by atoms with Crippen LogP contribution in [-0.4, -0.2) is 26.2 Å². The quantitative estimate of drug-likeness (QED) is 0.218. The number of ketones is 1. The minimum absolute atomic E-state index is 0.0388. The van der Waals surface area contributed by atoms with Gasteiger partial charge >= 0.3 is 0 Å². The van der Waals surface area contributed by atoms with Crippen molar-refractivity contribution in [2.45, 2.75) is 65.2 Å². The fourth-order valence-corrected chi connectivity index (χ4v) is 6.25. The Balaban J connectivity index is 1.22. The fraction of sp³-hybridized carbons (Fsp3) is 0.333. The number of aryl methyl sites for hydroxylation is 1. The van der Waals surface area contributed by atoms with E-state index in [1.807, 2.05) is 36.5 Å². The summed E-state index contributed by atoms with van der Waals surface area (Å²) in [5, 5.41) is 0.774. The average molecular weight is 608 g/mol. The van der Waals surface area contributed by atoms with Gasteiger partial charge in [0.2, 0.25) is 0 Å². The summed E-state index contributed by atoms with van der Waals surface area (Å²) in [4.78, 5) is 17.8. The Morgan fingerprint density at radius 2 is 1.66 bits per heavy atom. The number of nitrogens with zero attached hydrogens (tertiary/aromatic N) is 1. The first-order chi connectivity index (χ1) is 21.2. The van der Waals surface area contributed by atoms with Crippen LogP contribution in [0.15, 0.2) is 95.0 Å². The highest BCUT2D eigenvalue weighted by Crippen LogP contribution is 2.44. The third-order valence-electron chi connectivity index (χ3n) is 8.51. The Morgan fingerprint density at radius 1 is 0.932 bits per heavy atom. The van der Waals surface area contributed by atoms with Crippen LogP contribution in [0.2, 0.25) is 5.02 Å². The number of aliphatic imine (C=N–C) groups is 1. The number of carbonyl (C=O) groups excluding carboxylic acids is 1. The van der Waals surface area contributed by atoms with E-state index in [2.05, 4.69) is 74.3 Å². The number of halogens is 1. The zero-order chi connectivity index (χ0) is 31.3. The Bertz CT molecular complexity index is 1650. The number of hydrogen-bond acceptors (Lipinski definition) is 4. The lowest BCUT2D eigenvalue weighted by atomic mass is 9.86. The number of Topliss-reactive ketones (excluding diaryl/α,β-unsaturated/α-hetero) is 1. The summed E-state index contributed by atoms with van der Waals surface area (Å²) in [5.41, 5.74) is 9.25. The molecule has 1 aliphatic heterocycles. The van der Waals surface area contributed by atoms with Gasteiger partial charge in [0.05, 0.1) is 19.9 Å². The zero-order valence-corrected chi connectivity index (χ0v) is 27.2. The number of methoxy groups -OCH3 is 2. The lowest BCUT2D eigenvalue weighted by molar-refractivity contribution is -0.119. The highest BCUT2D eigenvalue weighted by atomic mass is 35.5. The number of rotatable bonds is 11. The molecule has 2 aliphatic rings. The van der Waals surface area contributed by atoms with Gasteiger partial charge in [-0.1, -0.05) is 98.6 Å². The van der Waals surface area contributed by atoms with E-state index < -0.39 is 0 Å². The second kappa shape index (κ2) is 13.8. The van der Waals surface area contributed by atoms with Crippen LogP contribution in [0.3, 0.4) is 0 Å². The third-order valence-corrected chi connectivity index (χ3v) is 8.86. The normalized spacial score (nSPS) is 16.0. The topological polar surface area (TPSA) is 47.9 Å². The largest absolute Gasteiger partial charge is 0.493 e. The van der Waals surface area contributed by atoms with E-state index in [0.29, 0.717) is 24.3 Å². The first kappa shape index (κ1) is 31.5. The van der Waals surface area contributed by atoms with Crippen molar-refractivity contribution in [2.24, 2.45) is 10.4 Å². The van der Waals surface area contributed by atoms with Crippen LogP contribution in [0.1, 0.15) is 74.6 Å². The van der Waals surface area contributed by atoms with Crippen molar-refractivity contribution in [3.8, 4) is 11.5 Å². The van der Waals surface area contributed by atoms with Crippen LogP contribution in [0.4, 0.5) is 5.69 Å². The van der Waals surface area contributed by atoms with E-state index in [1.54, 1.807) is 14.2 Å². The second-order valence-electron chi connectivity index (χ2n) is 12.6. The molecular weight excluding hydrogens is 566 g/mol. The molecule has 1 heterocycles. The van der Waals surface area contributed by atoms with Gasteiger partial charge in [0.15, 0.2) is 11.5 Å². The summed E-state index contributed by atoms with van der Waals surface area (Å²) >= 11 is 6.60. The van der Waals surface area contributed by atoms with Crippen molar-refractivity contribution in [2.75, 3.05) is 14.2 Å². The molecule has 1 aliphatic carbocycles. The van der Waals surface area contributed by atoms with Gasteiger partial charge in [0.25, 0.3) is 0 Å². The molecule has 0 aromatic heterocycles. The number of fused-ring (bicyclic) bond motifs is 1. The monoisotopic (exact) mass is 607 g/mol. The minimum atomic E-state index is 0.0388. The first-order valence-electron chi connectivity index (χ1n) is 15.4. The summed E-state index contributed by atoms with van der Waals surface area (Å²) < 4.78 is 11.1. The number of allylic oxidation sites excluding steroid dienone is 6. The molecule has 5 rings (SSSR count). The Kier molecular flexibility index (Phi) is 9.90. The predicted molar refractivity (Wildman–Crippen MR) is 183 cm³/mol. The molecule has 228 valence electrons. The van der Waals surface area contributed by atoms with Crippen LogP contribution in [0, 0.1) is 5.41 Å². The maximum atomic E-state index is 13.1. The van der Waals surface area contributed by atoms with Gasteiger partial charge in [0.1, 0.15) is 5.78 Å². The van der Waals surface area contributed by atoms with Gasteiger partial charge < -0.3 is 9.47 Å². The molecular formula is C39H42ClNO3. The van der Waals surface area contributed by atoms with E-state index in [1.165, 1.54) is 27.8 Å². The standard InChI is InChI=1S/C39H42ClNO3/c1-39(2,3)30-22-29(33(23-30)32-13-6-7-14-35(32)40)16-18-31(42)17-15-26-10-8-11-27(20-26)21-28-12-9-19-41-36-25-38(44-5)37(43-4)24-34(28)36/h6-8,10-14,19-20,22-25,33H,9,15-18,21H2,1-5H3/t33-/m0/s1. The average Bonchev–Trinajstić information content (AvgIpc) is 3.36. The molecule has 4 nitrogen and oxygen atoms in total. The Morgan fingerprint density at radius 3 is 2.41 bits per heavy atom. The predicted octanol–water partition coefficient (Wildman–Crippen LogP) is 10.1.